The topological polar surface area (TPSA) is 86.1 Å². The first kappa shape index (κ1) is 17.1. The minimum atomic E-state index is -0.667. The monoisotopic (exact) mass is 342 g/mol. The summed E-state index contributed by atoms with van der Waals surface area (Å²) in [6, 6.07) is 6.17. The zero-order valence-corrected chi connectivity index (χ0v) is 14.4. The van der Waals surface area contributed by atoms with Crippen LogP contribution < -0.4 is 15.6 Å². The molecular weight excluding hydrogens is 320 g/mol. The zero-order valence-electron chi connectivity index (χ0n) is 14.4. The van der Waals surface area contributed by atoms with Gasteiger partial charge in [-0.05, 0) is 44.4 Å². The van der Waals surface area contributed by atoms with Crippen LogP contribution in [0.1, 0.15) is 49.9 Å². The van der Waals surface area contributed by atoms with Crippen molar-refractivity contribution in [2.24, 2.45) is 0 Å². The van der Waals surface area contributed by atoms with E-state index in [1.807, 2.05) is 13.0 Å². The number of amides is 1. The molecule has 0 unspecified atom stereocenters. The second-order valence-electron chi connectivity index (χ2n) is 6.14. The predicted octanol–water partition coefficient (Wildman–Crippen LogP) is 1.79. The Kier molecular flexibility index (Phi) is 5.11. The molecule has 2 heterocycles. The molecule has 25 heavy (non-hydrogen) atoms. The van der Waals surface area contributed by atoms with E-state index in [9.17, 15) is 9.59 Å². The van der Waals surface area contributed by atoms with E-state index >= 15 is 0 Å². The summed E-state index contributed by atoms with van der Waals surface area (Å²) >= 11 is 0. The van der Waals surface area contributed by atoms with Crippen molar-refractivity contribution in [1.82, 2.24) is 20.1 Å². The third kappa shape index (κ3) is 4.23. The number of nitrogens with zero attached hydrogens (tertiary/aromatic N) is 3. The van der Waals surface area contributed by atoms with E-state index in [1.54, 1.807) is 25.3 Å². The summed E-state index contributed by atoms with van der Waals surface area (Å²) < 4.78 is 6.61. The van der Waals surface area contributed by atoms with Crippen LogP contribution in [0.3, 0.4) is 0 Å². The van der Waals surface area contributed by atoms with E-state index in [0.717, 1.165) is 24.1 Å². The Morgan fingerprint density at radius 1 is 1.40 bits per heavy atom. The summed E-state index contributed by atoms with van der Waals surface area (Å²) in [5.41, 5.74) is 1.50. The van der Waals surface area contributed by atoms with Crippen molar-refractivity contribution in [2.75, 3.05) is 6.61 Å². The molecular formula is C18H22N4O3. The number of aromatic nitrogens is 3. The van der Waals surface area contributed by atoms with Crippen molar-refractivity contribution in [3.05, 3.63) is 52.1 Å². The minimum absolute atomic E-state index is 0.252. The van der Waals surface area contributed by atoms with Gasteiger partial charge in [0.05, 0.1) is 12.3 Å². The Hall–Kier alpha value is -2.70. The molecule has 1 aliphatic rings. The lowest BCUT2D eigenvalue weighted by Gasteiger charge is -2.15. The van der Waals surface area contributed by atoms with Crippen molar-refractivity contribution >= 4 is 5.91 Å². The van der Waals surface area contributed by atoms with Gasteiger partial charge in [0.25, 0.3) is 5.56 Å². The highest BCUT2D eigenvalue weighted by Crippen LogP contribution is 2.38. The quantitative estimate of drug-likeness (QED) is 0.829. The Labute approximate surface area is 146 Å². The molecule has 0 bridgehead atoms. The van der Waals surface area contributed by atoms with Crippen LogP contribution in [0.25, 0.3) is 0 Å². The summed E-state index contributed by atoms with van der Waals surface area (Å²) in [6.45, 7) is 4.44. The van der Waals surface area contributed by atoms with Gasteiger partial charge in [0, 0.05) is 30.8 Å². The number of rotatable bonds is 7. The molecule has 1 N–H and O–H groups in total. The third-order valence-corrected chi connectivity index (χ3v) is 4.15. The summed E-state index contributed by atoms with van der Waals surface area (Å²) in [5.74, 6) is 0.700. The number of nitrogens with one attached hydrogen (secondary N) is 1. The average Bonchev–Trinajstić information content (AvgIpc) is 3.45. The van der Waals surface area contributed by atoms with Gasteiger partial charge in [-0.3, -0.25) is 9.59 Å². The fourth-order valence-corrected chi connectivity index (χ4v) is 2.55. The molecule has 2 aromatic rings. The number of hydrogen-bond acceptors (Lipinski definition) is 5. The lowest BCUT2D eigenvalue weighted by Crippen LogP contribution is -2.37. The molecule has 1 saturated carbocycles. The predicted molar refractivity (Wildman–Crippen MR) is 92.4 cm³/mol. The van der Waals surface area contributed by atoms with Crippen molar-refractivity contribution in [3.63, 3.8) is 0 Å². The van der Waals surface area contributed by atoms with Gasteiger partial charge in [-0.1, -0.05) is 0 Å². The van der Waals surface area contributed by atoms with Gasteiger partial charge in [0.15, 0.2) is 0 Å². The molecule has 3 rings (SSSR count). The van der Waals surface area contributed by atoms with Crippen LogP contribution in [0.15, 0.2) is 35.3 Å². The second kappa shape index (κ2) is 7.46. The fraction of sp³-hybridized carbons (Fsp3) is 0.444. The molecule has 7 nitrogen and oxygen atoms in total. The van der Waals surface area contributed by atoms with E-state index in [1.165, 1.54) is 10.7 Å². The first-order valence-electron chi connectivity index (χ1n) is 8.53. The molecule has 1 fully saturated rings. The normalized spacial score (nSPS) is 14.8. The van der Waals surface area contributed by atoms with Crippen LogP contribution in [-0.2, 0) is 11.3 Å². The van der Waals surface area contributed by atoms with Gasteiger partial charge < -0.3 is 10.1 Å². The number of carbonyl (C=O) groups is 1. The molecule has 0 radical (unpaired) electrons. The summed E-state index contributed by atoms with van der Waals surface area (Å²) in [7, 11) is 0. The van der Waals surface area contributed by atoms with Crippen LogP contribution in [0.5, 0.6) is 5.88 Å². The number of pyridine rings is 1. The molecule has 7 heteroatoms. The van der Waals surface area contributed by atoms with Gasteiger partial charge in [-0.15, -0.1) is 0 Å². The number of hydrogen-bond donors (Lipinski definition) is 1. The first-order valence-corrected chi connectivity index (χ1v) is 8.53. The Balaban J connectivity index is 1.66. The maximum absolute atomic E-state index is 12.4. The standard InChI is InChI=1S/C18H22N4O3/c1-3-25-16-10-13(8-9-19-16)11-20-18(24)12(2)22-17(23)7-6-15(21-22)14-4-5-14/h6-10,12,14H,3-5,11H2,1-2H3,(H,20,24)/t12-/m0/s1. The summed E-state index contributed by atoms with van der Waals surface area (Å²) in [5, 5.41) is 7.20. The Morgan fingerprint density at radius 2 is 2.20 bits per heavy atom. The van der Waals surface area contributed by atoms with Gasteiger partial charge >= 0.3 is 0 Å². The second-order valence-corrected chi connectivity index (χ2v) is 6.14. The third-order valence-electron chi connectivity index (χ3n) is 4.15. The van der Waals surface area contributed by atoms with Crippen LogP contribution in [0, 0.1) is 0 Å². The number of ether oxygens (including phenoxy) is 1. The Morgan fingerprint density at radius 3 is 2.92 bits per heavy atom. The fourth-order valence-electron chi connectivity index (χ4n) is 2.55. The highest BCUT2D eigenvalue weighted by Gasteiger charge is 2.27. The molecule has 2 aromatic heterocycles. The summed E-state index contributed by atoms with van der Waals surface area (Å²) in [6.07, 6.45) is 3.83. The molecule has 0 saturated heterocycles. The molecule has 0 aliphatic heterocycles. The largest absolute Gasteiger partial charge is 0.478 e. The molecule has 1 atom stereocenters. The molecule has 0 spiro atoms. The maximum Gasteiger partial charge on any atom is 0.267 e. The summed E-state index contributed by atoms with van der Waals surface area (Å²) in [4.78, 5) is 28.6. The lowest BCUT2D eigenvalue weighted by atomic mass is 10.2. The van der Waals surface area contributed by atoms with E-state index in [0.29, 0.717) is 24.9 Å². The minimum Gasteiger partial charge on any atom is -0.478 e. The van der Waals surface area contributed by atoms with Crippen molar-refractivity contribution in [1.29, 1.82) is 0 Å². The van der Waals surface area contributed by atoms with Crippen molar-refractivity contribution in [2.45, 2.75) is 45.2 Å². The molecule has 0 aromatic carbocycles. The van der Waals surface area contributed by atoms with Crippen LogP contribution in [0.4, 0.5) is 0 Å². The molecule has 132 valence electrons. The van der Waals surface area contributed by atoms with E-state index in [4.69, 9.17) is 4.74 Å². The van der Waals surface area contributed by atoms with E-state index in [2.05, 4.69) is 15.4 Å². The Bertz CT molecular complexity index is 814. The van der Waals surface area contributed by atoms with E-state index < -0.39 is 6.04 Å². The molecule has 1 amide bonds. The van der Waals surface area contributed by atoms with Crippen molar-refractivity contribution < 1.29 is 9.53 Å². The van der Waals surface area contributed by atoms with Gasteiger partial charge in [-0.2, -0.15) is 5.10 Å². The molecule has 1 aliphatic carbocycles. The van der Waals surface area contributed by atoms with Crippen LogP contribution in [-0.4, -0.2) is 27.3 Å². The average molecular weight is 342 g/mol. The van der Waals surface area contributed by atoms with Crippen LogP contribution >= 0.6 is 0 Å². The SMILES string of the molecule is CCOc1cc(CNC(=O)[C@H](C)n2nc(C3CC3)ccc2=O)ccn1. The van der Waals surface area contributed by atoms with Crippen molar-refractivity contribution in [3.8, 4) is 5.88 Å². The zero-order chi connectivity index (χ0) is 17.8. The number of carbonyl (C=O) groups excluding carboxylic acids is 1. The highest BCUT2D eigenvalue weighted by atomic mass is 16.5. The lowest BCUT2D eigenvalue weighted by molar-refractivity contribution is -0.124. The van der Waals surface area contributed by atoms with Gasteiger partial charge in [-0.25, -0.2) is 9.67 Å². The first-order chi connectivity index (χ1) is 12.1. The van der Waals surface area contributed by atoms with E-state index in [-0.39, 0.29) is 11.5 Å². The van der Waals surface area contributed by atoms with Gasteiger partial charge in [0.1, 0.15) is 6.04 Å². The van der Waals surface area contributed by atoms with Crippen LogP contribution in [0.2, 0.25) is 0 Å². The van der Waals surface area contributed by atoms with Gasteiger partial charge in [0.2, 0.25) is 11.8 Å². The smallest absolute Gasteiger partial charge is 0.267 e. The maximum atomic E-state index is 12.4. The highest BCUT2D eigenvalue weighted by molar-refractivity contribution is 5.79.